The molecule has 0 aromatic heterocycles. The van der Waals surface area contributed by atoms with E-state index in [1.54, 1.807) is 19.2 Å². The van der Waals surface area contributed by atoms with E-state index < -0.39 is 6.10 Å². The molecule has 0 saturated carbocycles. The van der Waals surface area contributed by atoms with Crippen LogP contribution in [0.5, 0.6) is 0 Å². The van der Waals surface area contributed by atoms with Gasteiger partial charge in [0, 0.05) is 31.8 Å². The van der Waals surface area contributed by atoms with E-state index in [4.69, 9.17) is 21.4 Å². The van der Waals surface area contributed by atoms with E-state index in [0.717, 1.165) is 12.1 Å². The van der Waals surface area contributed by atoms with Crippen molar-refractivity contribution in [3.05, 3.63) is 34.9 Å². The lowest BCUT2D eigenvalue weighted by molar-refractivity contribution is 0.105. The van der Waals surface area contributed by atoms with Crippen molar-refractivity contribution in [2.24, 2.45) is 0 Å². The van der Waals surface area contributed by atoms with Gasteiger partial charge >= 0.3 is 0 Å². The van der Waals surface area contributed by atoms with Crippen LogP contribution >= 0.6 is 11.6 Å². The zero-order valence-electron chi connectivity index (χ0n) is 11.3. The molecule has 0 fully saturated rings. The highest BCUT2D eigenvalue weighted by atomic mass is 35.5. The topological polar surface area (TPSA) is 52.9 Å². The number of hydrogen-bond acceptors (Lipinski definition) is 4. The van der Waals surface area contributed by atoms with Gasteiger partial charge in [-0.2, -0.15) is 0 Å². The van der Waals surface area contributed by atoms with Gasteiger partial charge in [-0.15, -0.1) is 0 Å². The minimum atomic E-state index is -0.513. The van der Waals surface area contributed by atoms with Gasteiger partial charge in [0.25, 0.3) is 0 Å². The fourth-order valence-electron chi connectivity index (χ4n) is 1.85. The van der Waals surface area contributed by atoms with E-state index in [-0.39, 0.29) is 6.61 Å². The maximum atomic E-state index is 10.1. The Balaban J connectivity index is 2.41. The molecule has 5 heteroatoms. The standard InChI is InChI=1S/C14H22ClNO3/c1-19-11-9-16(8-10-17)7-6-14(18)12-2-4-13(15)5-3-12/h2-5,14,17-18H,6-11H2,1H3. The Morgan fingerprint density at radius 2 is 1.89 bits per heavy atom. The van der Waals surface area contributed by atoms with Gasteiger partial charge < -0.3 is 14.9 Å². The monoisotopic (exact) mass is 287 g/mol. The molecule has 0 radical (unpaired) electrons. The minimum Gasteiger partial charge on any atom is -0.395 e. The minimum absolute atomic E-state index is 0.112. The third-order valence-electron chi connectivity index (χ3n) is 3.00. The largest absolute Gasteiger partial charge is 0.395 e. The third kappa shape index (κ3) is 6.36. The zero-order valence-corrected chi connectivity index (χ0v) is 12.0. The average molecular weight is 288 g/mol. The summed E-state index contributed by atoms with van der Waals surface area (Å²) in [5, 5.41) is 19.7. The van der Waals surface area contributed by atoms with Crippen molar-refractivity contribution >= 4 is 11.6 Å². The number of hydrogen-bond donors (Lipinski definition) is 2. The smallest absolute Gasteiger partial charge is 0.0802 e. The van der Waals surface area contributed by atoms with E-state index in [0.29, 0.717) is 31.1 Å². The summed E-state index contributed by atoms with van der Waals surface area (Å²) in [6.07, 6.45) is 0.103. The molecule has 2 N–H and O–H groups in total. The van der Waals surface area contributed by atoms with Crippen LogP contribution in [0.3, 0.4) is 0 Å². The first-order valence-electron chi connectivity index (χ1n) is 6.43. The van der Waals surface area contributed by atoms with Crippen LogP contribution in [0.2, 0.25) is 5.02 Å². The quantitative estimate of drug-likeness (QED) is 0.726. The lowest BCUT2D eigenvalue weighted by Crippen LogP contribution is -2.32. The molecule has 0 heterocycles. The number of ether oxygens (including phenoxy) is 1. The first-order valence-corrected chi connectivity index (χ1v) is 6.81. The van der Waals surface area contributed by atoms with Crippen molar-refractivity contribution in [1.82, 2.24) is 4.90 Å². The van der Waals surface area contributed by atoms with Crippen LogP contribution in [-0.4, -0.2) is 55.1 Å². The van der Waals surface area contributed by atoms with Gasteiger partial charge in [-0.05, 0) is 24.1 Å². The predicted molar refractivity (Wildman–Crippen MR) is 76.4 cm³/mol. The summed E-state index contributed by atoms with van der Waals surface area (Å²) >= 11 is 5.81. The molecule has 0 aliphatic carbocycles. The maximum Gasteiger partial charge on any atom is 0.0802 e. The molecule has 0 aliphatic heterocycles. The molecular formula is C14H22ClNO3. The summed E-state index contributed by atoms with van der Waals surface area (Å²) < 4.78 is 5.02. The number of benzene rings is 1. The Labute approximate surface area is 119 Å². The van der Waals surface area contributed by atoms with Crippen LogP contribution in [0.15, 0.2) is 24.3 Å². The number of methoxy groups -OCH3 is 1. The van der Waals surface area contributed by atoms with Crippen molar-refractivity contribution < 1.29 is 14.9 Å². The number of rotatable bonds is 9. The van der Waals surface area contributed by atoms with Crippen molar-refractivity contribution in [3.8, 4) is 0 Å². The molecule has 0 bridgehead atoms. The van der Waals surface area contributed by atoms with Gasteiger partial charge in [-0.1, -0.05) is 23.7 Å². The second kappa shape index (κ2) is 9.28. The van der Waals surface area contributed by atoms with Gasteiger partial charge in [-0.25, -0.2) is 0 Å². The molecule has 0 aliphatic rings. The lowest BCUT2D eigenvalue weighted by atomic mass is 10.1. The molecule has 1 aromatic rings. The lowest BCUT2D eigenvalue weighted by Gasteiger charge is -2.22. The van der Waals surface area contributed by atoms with E-state index in [2.05, 4.69) is 4.90 Å². The van der Waals surface area contributed by atoms with Crippen LogP contribution in [-0.2, 0) is 4.74 Å². The summed E-state index contributed by atoms with van der Waals surface area (Å²) in [6.45, 7) is 2.80. The van der Waals surface area contributed by atoms with Gasteiger partial charge in [0.05, 0.1) is 19.3 Å². The van der Waals surface area contributed by atoms with Crippen LogP contribution in [0.4, 0.5) is 0 Å². The molecule has 1 atom stereocenters. The summed E-state index contributed by atoms with van der Waals surface area (Å²) in [7, 11) is 1.65. The maximum absolute atomic E-state index is 10.1. The van der Waals surface area contributed by atoms with E-state index in [1.807, 2.05) is 12.1 Å². The third-order valence-corrected chi connectivity index (χ3v) is 3.25. The van der Waals surface area contributed by atoms with Crippen LogP contribution in [0.1, 0.15) is 18.1 Å². The number of aliphatic hydroxyl groups excluding tert-OH is 2. The molecular weight excluding hydrogens is 266 g/mol. The molecule has 1 rings (SSSR count). The first kappa shape index (κ1) is 16.4. The Kier molecular flexibility index (Phi) is 8.02. The second-order valence-electron chi connectivity index (χ2n) is 4.41. The van der Waals surface area contributed by atoms with Crippen LogP contribution in [0, 0.1) is 0 Å². The Bertz CT molecular complexity index is 345. The molecule has 1 aromatic carbocycles. The van der Waals surface area contributed by atoms with Crippen molar-refractivity contribution in [2.75, 3.05) is 40.0 Å². The van der Waals surface area contributed by atoms with Crippen LogP contribution < -0.4 is 0 Å². The van der Waals surface area contributed by atoms with E-state index in [1.165, 1.54) is 0 Å². The summed E-state index contributed by atoms with van der Waals surface area (Å²) in [6, 6.07) is 7.21. The molecule has 108 valence electrons. The zero-order chi connectivity index (χ0) is 14.1. The second-order valence-corrected chi connectivity index (χ2v) is 4.85. The highest BCUT2D eigenvalue weighted by molar-refractivity contribution is 6.30. The highest BCUT2D eigenvalue weighted by Gasteiger charge is 2.10. The Hall–Kier alpha value is -0.650. The van der Waals surface area contributed by atoms with Gasteiger partial charge in [0.15, 0.2) is 0 Å². The molecule has 19 heavy (non-hydrogen) atoms. The molecule has 0 amide bonds. The van der Waals surface area contributed by atoms with E-state index in [9.17, 15) is 5.11 Å². The summed E-state index contributed by atoms with van der Waals surface area (Å²) in [5.74, 6) is 0. The normalized spacial score (nSPS) is 12.9. The van der Waals surface area contributed by atoms with Gasteiger partial charge in [-0.3, -0.25) is 4.90 Å². The van der Waals surface area contributed by atoms with Crippen molar-refractivity contribution in [2.45, 2.75) is 12.5 Å². The SMILES string of the molecule is COCCN(CCO)CCC(O)c1ccc(Cl)cc1. The van der Waals surface area contributed by atoms with E-state index >= 15 is 0 Å². The molecule has 1 unspecified atom stereocenters. The average Bonchev–Trinajstić information content (AvgIpc) is 2.42. The van der Waals surface area contributed by atoms with Crippen LogP contribution in [0.25, 0.3) is 0 Å². The van der Waals surface area contributed by atoms with Crippen molar-refractivity contribution in [3.63, 3.8) is 0 Å². The summed E-state index contributed by atoms with van der Waals surface area (Å²) in [4.78, 5) is 2.07. The first-order chi connectivity index (χ1) is 9.17. The number of halogens is 1. The molecule has 4 nitrogen and oxygen atoms in total. The van der Waals surface area contributed by atoms with Gasteiger partial charge in [0.2, 0.25) is 0 Å². The van der Waals surface area contributed by atoms with Crippen molar-refractivity contribution in [1.29, 1.82) is 0 Å². The summed E-state index contributed by atoms with van der Waals surface area (Å²) in [5.41, 5.74) is 0.861. The predicted octanol–water partition coefficient (Wildman–Crippen LogP) is 1.70. The number of aliphatic hydroxyl groups is 2. The Morgan fingerprint density at radius 3 is 2.47 bits per heavy atom. The fourth-order valence-corrected chi connectivity index (χ4v) is 1.98. The Morgan fingerprint density at radius 1 is 1.21 bits per heavy atom. The molecule has 0 saturated heterocycles. The van der Waals surface area contributed by atoms with Gasteiger partial charge in [0.1, 0.15) is 0 Å². The number of nitrogens with zero attached hydrogens (tertiary/aromatic N) is 1. The highest BCUT2D eigenvalue weighted by Crippen LogP contribution is 2.19. The fraction of sp³-hybridized carbons (Fsp3) is 0.571. The molecule has 0 spiro atoms.